The Bertz CT molecular complexity index is 893. The van der Waals surface area contributed by atoms with E-state index in [9.17, 15) is 9.18 Å². The van der Waals surface area contributed by atoms with Crippen LogP contribution in [0.15, 0.2) is 49.1 Å². The fourth-order valence-corrected chi connectivity index (χ4v) is 2.88. The van der Waals surface area contributed by atoms with Gasteiger partial charge in [-0.1, -0.05) is 12.1 Å². The van der Waals surface area contributed by atoms with Crippen LogP contribution in [0.4, 0.5) is 4.39 Å². The first-order chi connectivity index (χ1) is 11.7. The van der Waals surface area contributed by atoms with Gasteiger partial charge in [0.2, 0.25) is 0 Å². The largest absolute Gasteiger partial charge is 0.328 e. The average molecular weight is 323 g/mol. The van der Waals surface area contributed by atoms with Gasteiger partial charge in [-0.2, -0.15) is 0 Å². The third kappa shape index (κ3) is 2.54. The van der Waals surface area contributed by atoms with Crippen molar-refractivity contribution < 1.29 is 9.18 Å². The Balaban J connectivity index is 1.60. The van der Waals surface area contributed by atoms with E-state index in [2.05, 4.69) is 15.0 Å². The van der Waals surface area contributed by atoms with E-state index in [4.69, 9.17) is 0 Å². The molecule has 1 aromatic carbocycles. The van der Waals surface area contributed by atoms with Gasteiger partial charge in [-0.05, 0) is 12.1 Å². The van der Waals surface area contributed by atoms with E-state index in [1.807, 2.05) is 10.6 Å². The Morgan fingerprint density at radius 1 is 1.12 bits per heavy atom. The molecule has 7 heteroatoms. The third-order valence-electron chi connectivity index (χ3n) is 4.05. The highest BCUT2D eigenvalue weighted by Gasteiger charge is 2.25. The summed E-state index contributed by atoms with van der Waals surface area (Å²) in [7, 11) is 0. The molecule has 0 aliphatic carbocycles. The van der Waals surface area contributed by atoms with E-state index in [0.29, 0.717) is 25.3 Å². The summed E-state index contributed by atoms with van der Waals surface area (Å²) in [5.41, 5.74) is 1.96. The van der Waals surface area contributed by atoms with Gasteiger partial charge in [-0.25, -0.2) is 14.4 Å². The van der Waals surface area contributed by atoms with E-state index in [-0.39, 0.29) is 11.7 Å². The van der Waals surface area contributed by atoms with Crippen molar-refractivity contribution in [3.63, 3.8) is 0 Å². The second kappa shape index (κ2) is 5.84. The zero-order valence-corrected chi connectivity index (χ0v) is 12.8. The molecular formula is C17H14FN5O. The molecule has 0 fully saturated rings. The molecule has 3 heterocycles. The second-order valence-electron chi connectivity index (χ2n) is 5.54. The molecule has 3 aromatic rings. The lowest BCUT2D eigenvalue weighted by molar-refractivity contribution is 0.0701. The van der Waals surface area contributed by atoms with Crippen LogP contribution in [0.3, 0.4) is 0 Å². The van der Waals surface area contributed by atoms with Gasteiger partial charge < -0.3 is 9.47 Å². The minimum Gasteiger partial charge on any atom is -0.328 e. The fraction of sp³-hybridized carbons (Fsp3) is 0.176. The molecule has 6 nitrogen and oxygen atoms in total. The number of hydrogen-bond acceptors (Lipinski definition) is 4. The van der Waals surface area contributed by atoms with Crippen molar-refractivity contribution in [1.82, 2.24) is 24.4 Å². The van der Waals surface area contributed by atoms with Crippen LogP contribution in [0.1, 0.15) is 16.3 Å². The van der Waals surface area contributed by atoms with Gasteiger partial charge in [0.1, 0.15) is 17.3 Å². The fourth-order valence-electron chi connectivity index (χ4n) is 2.88. The molecule has 0 saturated carbocycles. The summed E-state index contributed by atoms with van der Waals surface area (Å²) in [6, 6.07) is 6.43. The Labute approximate surface area is 137 Å². The maximum absolute atomic E-state index is 13.5. The number of carbonyl (C=O) groups excluding carboxylic acids is 1. The first kappa shape index (κ1) is 14.5. The first-order valence-corrected chi connectivity index (χ1v) is 7.58. The number of fused-ring (bicyclic) bond motifs is 1. The van der Waals surface area contributed by atoms with Crippen LogP contribution in [0, 0.1) is 5.82 Å². The lowest BCUT2D eigenvalue weighted by Crippen LogP contribution is -2.39. The van der Waals surface area contributed by atoms with Crippen LogP contribution in [0.2, 0.25) is 0 Å². The highest BCUT2D eigenvalue weighted by Crippen LogP contribution is 2.25. The number of nitrogens with zero attached hydrogens (tertiary/aromatic N) is 5. The molecule has 0 N–H and O–H groups in total. The van der Waals surface area contributed by atoms with Crippen LogP contribution in [0.5, 0.6) is 0 Å². The SMILES string of the molecule is O=C(c1cnccn1)N1CCn2c(-c3cccc(F)c3)cnc2C1. The molecule has 2 aromatic heterocycles. The van der Waals surface area contributed by atoms with Gasteiger partial charge >= 0.3 is 0 Å². The highest BCUT2D eigenvalue weighted by atomic mass is 19.1. The molecule has 1 aliphatic rings. The predicted octanol–water partition coefficient (Wildman–Crippen LogP) is 2.14. The summed E-state index contributed by atoms with van der Waals surface area (Å²) in [6.07, 6.45) is 6.22. The monoisotopic (exact) mass is 323 g/mol. The molecule has 120 valence electrons. The van der Waals surface area contributed by atoms with Crippen LogP contribution < -0.4 is 0 Å². The second-order valence-corrected chi connectivity index (χ2v) is 5.54. The van der Waals surface area contributed by atoms with Crippen LogP contribution in [-0.2, 0) is 13.1 Å². The van der Waals surface area contributed by atoms with E-state index < -0.39 is 0 Å². The summed E-state index contributed by atoms with van der Waals surface area (Å²) in [5, 5.41) is 0. The Morgan fingerprint density at radius 3 is 2.83 bits per heavy atom. The molecule has 0 radical (unpaired) electrons. The molecule has 1 aliphatic heterocycles. The van der Waals surface area contributed by atoms with E-state index in [0.717, 1.165) is 17.1 Å². The molecule has 0 saturated heterocycles. The predicted molar refractivity (Wildman–Crippen MR) is 84.4 cm³/mol. The molecule has 0 spiro atoms. The summed E-state index contributed by atoms with van der Waals surface area (Å²) < 4.78 is 15.5. The number of aromatic nitrogens is 4. The lowest BCUT2D eigenvalue weighted by atomic mass is 10.1. The smallest absolute Gasteiger partial charge is 0.274 e. The number of benzene rings is 1. The Hall–Kier alpha value is -3.09. The van der Waals surface area contributed by atoms with Gasteiger partial charge in [0.25, 0.3) is 5.91 Å². The average Bonchev–Trinajstić information content (AvgIpc) is 3.05. The summed E-state index contributed by atoms with van der Waals surface area (Å²) in [4.78, 5) is 26.5. The number of rotatable bonds is 2. The number of hydrogen-bond donors (Lipinski definition) is 0. The van der Waals surface area contributed by atoms with Crippen molar-refractivity contribution in [3.8, 4) is 11.3 Å². The third-order valence-corrected chi connectivity index (χ3v) is 4.05. The van der Waals surface area contributed by atoms with Crippen molar-refractivity contribution in [1.29, 1.82) is 0 Å². The van der Waals surface area contributed by atoms with Crippen molar-refractivity contribution in [2.24, 2.45) is 0 Å². The normalized spacial score (nSPS) is 13.6. The van der Waals surface area contributed by atoms with Gasteiger partial charge in [-0.3, -0.25) is 9.78 Å². The zero-order valence-electron chi connectivity index (χ0n) is 12.8. The standard InChI is InChI=1S/C17H14FN5O/c18-13-3-1-2-12(8-13)15-10-21-16-11-22(6-7-23(15)16)17(24)14-9-19-4-5-20-14/h1-5,8-10H,6-7,11H2. The van der Waals surface area contributed by atoms with E-state index >= 15 is 0 Å². The topological polar surface area (TPSA) is 63.9 Å². The quantitative estimate of drug-likeness (QED) is 0.725. The summed E-state index contributed by atoms with van der Waals surface area (Å²) in [6.45, 7) is 1.54. The molecular weight excluding hydrogens is 309 g/mol. The molecule has 1 amide bonds. The number of carbonyl (C=O) groups is 1. The number of imidazole rings is 1. The van der Waals surface area contributed by atoms with Gasteiger partial charge in [-0.15, -0.1) is 0 Å². The highest BCUT2D eigenvalue weighted by molar-refractivity contribution is 5.92. The van der Waals surface area contributed by atoms with E-state index in [1.165, 1.54) is 30.7 Å². The number of halogens is 1. The van der Waals surface area contributed by atoms with Crippen LogP contribution in [-0.4, -0.2) is 36.9 Å². The Morgan fingerprint density at radius 2 is 2.04 bits per heavy atom. The molecule has 4 rings (SSSR count). The van der Waals surface area contributed by atoms with Crippen molar-refractivity contribution in [2.75, 3.05) is 6.54 Å². The van der Waals surface area contributed by atoms with E-state index in [1.54, 1.807) is 17.2 Å². The van der Waals surface area contributed by atoms with Gasteiger partial charge in [0, 0.05) is 31.0 Å². The van der Waals surface area contributed by atoms with Crippen LogP contribution in [0.25, 0.3) is 11.3 Å². The van der Waals surface area contributed by atoms with Crippen LogP contribution >= 0.6 is 0 Å². The van der Waals surface area contributed by atoms with Gasteiger partial charge in [0.15, 0.2) is 0 Å². The van der Waals surface area contributed by atoms with Crippen molar-refractivity contribution in [3.05, 3.63) is 66.4 Å². The zero-order chi connectivity index (χ0) is 16.5. The Kier molecular flexibility index (Phi) is 3.53. The molecule has 0 unspecified atom stereocenters. The lowest BCUT2D eigenvalue weighted by Gasteiger charge is -2.28. The van der Waals surface area contributed by atoms with Crippen molar-refractivity contribution in [2.45, 2.75) is 13.1 Å². The summed E-state index contributed by atoms with van der Waals surface area (Å²) in [5.74, 6) is 0.334. The maximum Gasteiger partial charge on any atom is 0.274 e. The van der Waals surface area contributed by atoms with Crippen molar-refractivity contribution >= 4 is 5.91 Å². The first-order valence-electron chi connectivity index (χ1n) is 7.58. The maximum atomic E-state index is 13.5. The minimum atomic E-state index is -0.279. The summed E-state index contributed by atoms with van der Waals surface area (Å²) >= 11 is 0. The minimum absolute atomic E-state index is 0.162. The molecule has 0 bridgehead atoms. The number of amides is 1. The van der Waals surface area contributed by atoms with Gasteiger partial charge in [0.05, 0.1) is 24.6 Å². The molecule has 0 atom stereocenters. The molecule has 24 heavy (non-hydrogen) atoms.